The summed E-state index contributed by atoms with van der Waals surface area (Å²) in [5.41, 5.74) is 0.259. The Bertz CT molecular complexity index is 191. The Kier molecular flexibility index (Phi) is 3.74. The highest BCUT2D eigenvalue weighted by molar-refractivity contribution is 6.27. The van der Waals surface area contributed by atoms with Gasteiger partial charge in [-0.15, -0.1) is 11.6 Å². The first-order valence-corrected chi connectivity index (χ1v) is 5.42. The van der Waals surface area contributed by atoms with Crippen molar-refractivity contribution in [3.63, 3.8) is 0 Å². The van der Waals surface area contributed by atoms with Crippen LogP contribution in [-0.4, -0.2) is 23.2 Å². The Morgan fingerprint density at radius 1 is 1.62 bits per heavy atom. The average molecular weight is 204 g/mol. The minimum atomic E-state index is 0.160. The van der Waals surface area contributed by atoms with E-state index < -0.39 is 0 Å². The Morgan fingerprint density at radius 3 is 2.77 bits per heavy atom. The van der Waals surface area contributed by atoms with E-state index in [4.69, 9.17) is 11.6 Å². The van der Waals surface area contributed by atoms with Crippen molar-refractivity contribution in [2.75, 3.05) is 5.88 Å². The number of Topliss-reactive ketones (excluding diaryl/α,β-unsaturated/α-hetero) is 1. The zero-order chi connectivity index (χ0) is 9.90. The van der Waals surface area contributed by atoms with Crippen LogP contribution < -0.4 is 5.32 Å². The molecule has 2 nitrogen and oxygen atoms in total. The predicted molar refractivity (Wildman–Crippen MR) is 55.2 cm³/mol. The molecule has 0 aromatic heterocycles. The van der Waals surface area contributed by atoms with Crippen LogP contribution in [0, 0.1) is 0 Å². The van der Waals surface area contributed by atoms with E-state index in [1.807, 2.05) is 0 Å². The van der Waals surface area contributed by atoms with Crippen LogP contribution in [0.2, 0.25) is 0 Å². The minimum Gasteiger partial charge on any atom is -0.309 e. The molecule has 0 spiro atoms. The van der Waals surface area contributed by atoms with Crippen molar-refractivity contribution in [3.05, 3.63) is 0 Å². The summed E-state index contributed by atoms with van der Waals surface area (Å²) >= 11 is 5.42. The SMILES string of the molecule is CC1(C)CCC(CCC(=O)CCl)N1. The standard InChI is InChI=1S/C10H18ClNO/c1-10(2)6-5-8(12-10)3-4-9(13)7-11/h8,12H,3-7H2,1-2H3. The van der Waals surface area contributed by atoms with Gasteiger partial charge < -0.3 is 5.32 Å². The fraction of sp³-hybridized carbons (Fsp3) is 0.900. The predicted octanol–water partition coefficient (Wildman–Crippen LogP) is 2.11. The molecule has 0 saturated carbocycles. The summed E-state index contributed by atoms with van der Waals surface area (Å²) in [6.45, 7) is 4.41. The highest BCUT2D eigenvalue weighted by Crippen LogP contribution is 2.24. The zero-order valence-electron chi connectivity index (χ0n) is 8.40. The second-order valence-corrected chi connectivity index (χ2v) is 4.74. The summed E-state index contributed by atoms with van der Waals surface area (Å²) in [6, 6.07) is 0.516. The van der Waals surface area contributed by atoms with Gasteiger partial charge in [-0.2, -0.15) is 0 Å². The number of ketones is 1. The fourth-order valence-corrected chi connectivity index (χ4v) is 1.98. The lowest BCUT2D eigenvalue weighted by Crippen LogP contribution is -2.37. The van der Waals surface area contributed by atoms with Crippen LogP contribution in [0.4, 0.5) is 0 Å². The van der Waals surface area contributed by atoms with Crippen molar-refractivity contribution >= 4 is 17.4 Å². The lowest BCUT2D eigenvalue weighted by molar-refractivity contribution is -0.116. The van der Waals surface area contributed by atoms with Crippen LogP contribution in [0.15, 0.2) is 0 Å². The number of halogens is 1. The normalized spacial score (nSPS) is 26.2. The lowest BCUT2D eigenvalue weighted by Gasteiger charge is -2.19. The van der Waals surface area contributed by atoms with E-state index in [0.717, 1.165) is 6.42 Å². The molecule has 1 atom stereocenters. The maximum absolute atomic E-state index is 11.0. The number of carbonyl (C=O) groups is 1. The molecule has 0 aromatic rings. The van der Waals surface area contributed by atoms with Gasteiger partial charge in [-0.3, -0.25) is 4.79 Å². The summed E-state index contributed by atoms with van der Waals surface area (Å²) < 4.78 is 0. The second kappa shape index (κ2) is 4.43. The summed E-state index contributed by atoms with van der Waals surface area (Å²) in [6.07, 6.45) is 3.95. The highest BCUT2D eigenvalue weighted by Gasteiger charge is 2.29. The van der Waals surface area contributed by atoms with Gasteiger partial charge in [-0.05, 0) is 33.1 Å². The van der Waals surface area contributed by atoms with Gasteiger partial charge in [-0.1, -0.05) is 0 Å². The van der Waals surface area contributed by atoms with Gasteiger partial charge in [0, 0.05) is 18.0 Å². The first kappa shape index (κ1) is 11.0. The maximum Gasteiger partial charge on any atom is 0.147 e. The highest BCUT2D eigenvalue weighted by atomic mass is 35.5. The zero-order valence-corrected chi connectivity index (χ0v) is 9.16. The van der Waals surface area contributed by atoms with Crippen LogP contribution in [0.5, 0.6) is 0 Å². The van der Waals surface area contributed by atoms with E-state index >= 15 is 0 Å². The van der Waals surface area contributed by atoms with Gasteiger partial charge in [0.1, 0.15) is 5.78 Å². The molecule has 0 amide bonds. The summed E-state index contributed by atoms with van der Waals surface area (Å²) in [5.74, 6) is 0.323. The van der Waals surface area contributed by atoms with Gasteiger partial charge in [0.15, 0.2) is 0 Å². The van der Waals surface area contributed by atoms with Crippen molar-refractivity contribution < 1.29 is 4.79 Å². The van der Waals surface area contributed by atoms with Crippen molar-refractivity contribution in [1.29, 1.82) is 0 Å². The minimum absolute atomic E-state index is 0.160. The maximum atomic E-state index is 11.0. The second-order valence-electron chi connectivity index (χ2n) is 4.47. The Hall–Kier alpha value is -0.0800. The number of hydrogen-bond donors (Lipinski definition) is 1. The number of nitrogens with one attached hydrogen (secondary N) is 1. The first-order valence-electron chi connectivity index (χ1n) is 4.89. The smallest absolute Gasteiger partial charge is 0.147 e. The molecule has 1 aliphatic rings. The van der Waals surface area contributed by atoms with Gasteiger partial charge in [-0.25, -0.2) is 0 Å². The first-order chi connectivity index (χ1) is 6.03. The third-order valence-corrected chi connectivity index (χ3v) is 2.93. The fourth-order valence-electron chi connectivity index (χ4n) is 1.85. The molecule has 1 rings (SSSR count). The van der Waals surface area contributed by atoms with Gasteiger partial charge in [0.25, 0.3) is 0 Å². The lowest BCUT2D eigenvalue weighted by atomic mass is 10.0. The van der Waals surface area contributed by atoms with E-state index in [-0.39, 0.29) is 17.2 Å². The molecule has 1 heterocycles. The molecule has 0 radical (unpaired) electrons. The molecule has 76 valence electrons. The van der Waals surface area contributed by atoms with Crippen molar-refractivity contribution in [3.8, 4) is 0 Å². The van der Waals surface area contributed by atoms with Gasteiger partial charge in [0.05, 0.1) is 5.88 Å². The number of rotatable bonds is 4. The average Bonchev–Trinajstić information content (AvgIpc) is 2.41. The van der Waals surface area contributed by atoms with Gasteiger partial charge in [0.2, 0.25) is 0 Å². The largest absolute Gasteiger partial charge is 0.309 e. The summed E-state index contributed by atoms with van der Waals surface area (Å²) in [5, 5.41) is 3.51. The molecular weight excluding hydrogens is 186 g/mol. The van der Waals surface area contributed by atoms with Crippen molar-refractivity contribution in [1.82, 2.24) is 5.32 Å². The number of alkyl halides is 1. The molecule has 1 aliphatic heterocycles. The topological polar surface area (TPSA) is 29.1 Å². The Balaban J connectivity index is 2.21. The van der Waals surface area contributed by atoms with Crippen molar-refractivity contribution in [2.24, 2.45) is 0 Å². The Labute approximate surface area is 85.0 Å². The quantitative estimate of drug-likeness (QED) is 0.710. The summed E-state index contributed by atoms with van der Waals surface area (Å²) in [7, 11) is 0. The number of carbonyl (C=O) groups excluding carboxylic acids is 1. The molecule has 0 bridgehead atoms. The van der Waals surface area contributed by atoms with E-state index in [0.29, 0.717) is 12.5 Å². The molecule has 1 unspecified atom stereocenters. The molecular formula is C10H18ClNO. The van der Waals surface area contributed by atoms with Crippen LogP contribution in [-0.2, 0) is 4.79 Å². The molecule has 1 saturated heterocycles. The third-order valence-electron chi connectivity index (χ3n) is 2.63. The van der Waals surface area contributed by atoms with Crippen LogP contribution in [0.1, 0.15) is 39.5 Å². The van der Waals surface area contributed by atoms with E-state index in [1.54, 1.807) is 0 Å². The molecule has 3 heteroatoms. The van der Waals surface area contributed by atoms with E-state index in [9.17, 15) is 4.79 Å². The van der Waals surface area contributed by atoms with Crippen LogP contribution in [0.3, 0.4) is 0 Å². The number of hydrogen-bond acceptors (Lipinski definition) is 2. The monoisotopic (exact) mass is 203 g/mol. The van der Waals surface area contributed by atoms with Crippen molar-refractivity contribution in [2.45, 2.75) is 51.1 Å². The molecule has 0 aromatic carbocycles. The van der Waals surface area contributed by atoms with E-state index in [1.165, 1.54) is 12.8 Å². The molecule has 13 heavy (non-hydrogen) atoms. The summed E-state index contributed by atoms with van der Waals surface area (Å²) in [4.78, 5) is 11.0. The molecule has 0 aliphatic carbocycles. The van der Waals surface area contributed by atoms with Crippen LogP contribution >= 0.6 is 11.6 Å². The van der Waals surface area contributed by atoms with Gasteiger partial charge >= 0.3 is 0 Å². The van der Waals surface area contributed by atoms with Crippen LogP contribution in [0.25, 0.3) is 0 Å². The molecule has 1 fully saturated rings. The third kappa shape index (κ3) is 3.65. The Morgan fingerprint density at radius 2 is 2.31 bits per heavy atom. The van der Waals surface area contributed by atoms with E-state index in [2.05, 4.69) is 19.2 Å². The molecule has 1 N–H and O–H groups in total.